The van der Waals surface area contributed by atoms with Crippen molar-refractivity contribution < 1.29 is 9.13 Å². The summed E-state index contributed by atoms with van der Waals surface area (Å²) in [5.41, 5.74) is 6.10. The molecule has 3 nitrogen and oxygen atoms in total. The Morgan fingerprint density at radius 2 is 2.19 bits per heavy atom. The third-order valence-electron chi connectivity index (χ3n) is 2.44. The van der Waals surface area contributed by atoms with Crippen LogP contribution in [0.15, 0.2) is 18.2 Å². The average Bonchev–Trinajstić information content (AvgIpc) is 2.29. The highest BCUT2D eigenvalue weighted by Gasteiger charge is 2.06. The van der Waals surface area contributed by atoms with Crippen molar-refractivity contribution in [2.75, 3.05) is 27.2 Å². The summed E-state index contributed by atoms with van der Waals surface area (Å²) in [5, 5.41) is 0. The van der Waals surface area contributed by atoms with Gasteiger partial charge in [-0.3, -0.25) is 0 Å². The maximum absolute atomic E-state index is 13.6. The number of rotatable bonds is 6. The topological polar surface area (TPSA) is 38.5 Å². The van der Waals surface area contributed by atoms with Gasteiger partial charge in [-0.2, -0.15) is 0 Å². The fraction of sp³-hybridized carbons (Fsp3) is 0.500. The van der Waals surface area contributed by atoms with Gasteiger partial charge in [0.1, 0.15) is 11.6 Å². The summed E-state index contributed by atoms with van der Waals surface area (Å²) < 4.78 is 18.5. The second-order valence-corrected chi connectivity index (χ2v) is 3.84. The molecule has 1 aromatic carbocycles. The Bertz CT molecular complexity index is 331. The van der Waals surface area contributed by atoms with Gasteiger partial charge in [0.25, 0.3) is 0 Å². The Balaban J connectivity index is 2.59. The molecular weight excluding hydrogens is 207 g/mol. The molecule has 0 spiro atoms. The van der Waals surface area contributed by atoms with Crippen LogP contribution in [0.5, 0.6) is 5.75 Å². The number of hydrogen-bond donors (Lipinski definition) is 1. The van der Waals surface area contributed by atoms with Crippen LogP contribution in [-0.2, 0) is 6.54 Å². The van der Waals surface area contributed by atoms with Gasteiger partial charge in [0.15, 0.2) is 0 Å². The first-order valence-corrected chi connectivity index (χ1v) is 5.38. The minimum absolute atomic E-state index is 0.223. The quantitative estimate of drug-likeness (QED) is 0.801. The van der Waals surface area contributed by atoms with Crippen LogP contribution >= 0.6 is 0 Å². The fourth-order valence-electron chi connectivity index (χ4n) is 1.51. The van der Waals surface area contributed by atoms with Crippen LogP contribution in [0.2, 0.25) is 0 Å². The summed E-state index contributed by atoms with van der Waals surface area (Å²) in [6.07, 6.45) is 0.925. The number of methoxy groups -OCH3 is 1. The molecule has 0 amide bonds. The van der Waals surface area contributed by atoms with E-state index in [9.17, 15) is 4.39 Å². The average molecular weight is 226 g/mol. The molecule has 1 rings (SSSR count). The van der Waals surface area contributed by atoms with Crippen molar-refractivity contribution in [2.45, 2.75) is 13.0 Å². The molecule has 0 atom stereocenters. The zero-order chi connectivity index (χ0) is 12.0. The van der Waals surface area contributed by atoms with Gasteiger partial charge in [-0.25, -0.2) is 4.39 Å². The maximum atomic E-state index is 13.6. The lowest BCUT2D eigenvalue weighted by Gasteiger charge is -2.16. The summed E-state index contributed by atoms with van der Waals surface area (Å²) >= 11 is 0. The lowest BCUT2D eigenvalue weighted by Crippen LogP contribution is -2.21. The first kappa shape index (κ1) is 12.9. The highest BCUT2D eigenvalue weighted by atomic mass is 19.1. The van der Waals surface area contributed by atoms with Crippen LogP contribution in [0.3, 0.4) is 0 Å². The molecule has 2 N–H and O–H groups in total. The monoisotopic (exact) mass is 226 g/mol. The van der Waals surface area contributed by atoms with E-state index in [2.05, 4.69) is 4.90 Å². The third kappa shape index (κ3) is 3.79. The van der Waals surface area contributed by atoms with E-state index in [1.807, 2.05) is 7.05 Å². The van der Waals surface area contributed by atoms with E-state index in [0.29, 0.717) is 24.4 Å². The van der Waals surface area contributed by atoms with Crippen LogP contribution in [-0.4, -0.2) is 32.1 Å². The molecule has 0 unspecified atom stereocenters. The molecule has 0 saturated heterocycles. The van der Waals surface area contributed by atoms with Crippen LogP contribution in [0, 0.1) is 5.82 Å². The predicted molar refractivity (Wildman–Crippen MR) is 63.0 cm³/mol. The second-order valence-electron chi connectivity index (χ2n) is 3.84. The van der Waals surface area contributed by atoms with E-state index in [4.69, 9.17) is 10.5 Å². The molecule has 16 heavy (non-hydrogen) atoms. The van der Waals surface area contributed by atoms with Gasteiger partial charge in [-0.1, -0.05) is 6.07 Å². The fourth-order valence-corrected chi connectivity index (χ4v) is 1.51. The molecule has 0 heterocycles. The van der Waals surface area contributed by atoms with Crippen LogP contribution in [0.25, 0.3) is 0 Å². The van der Waals surface area contributed by atoms with Crippen molar-refractivity contribution in [3.8, 4) is 5.75 Å². The Hall–Kier alpha value is -1.13. The molecule has 0 saturated carbocycles. The number of benzene rings is 1. The highest BCUT2D eigenvalue weighted by molar-refractivity contribution is 5.28. The number of nitrogens with two attached hydrogens (primary N) is 1. The number of nitrogens with zero attached hydrogens (tertiary/aromatic N) is 1. The molecule has 0 aliphatic heterocycles. The van der Waals surface area contributed by atoms with Gasteiger partial charge in [-0.05, 0) is 32.6 Å². The molecular formula is C12H19FN2O. The Kier molecular flexibility index (Phi) is 5.22. The summed E-state index contributed by atoms with van der Waals surface area (Å²) in [5.74, 6) is 0.324. The standard InChI is InChI=1S/C12H19FN2O/c1-15(7-3-6-14)9-10-4-5-11(16-2)8-12(10)13/h4-5,8H,3,6-7,9,14H2,1-2H3. The number of ether oxygens (including phenoxy) is 1. The SMILES string of the molecule is COc1ccc(CN(C)CCCN)c(F)c1. The van der Waals surface area contributed by atoms with E-state index in [1.54, 1.807) is 12.1 Å². The summed E-state index contributed by atoms with van der Waals surface area (Å²) in [6.45, 7) is 2.13. The number of halogens is 1. The highest BCUT2D eigenvalue weighted by Crippen LogP contribution is 2.17. The summed E-state index contributed by atoms with van der Waals surface area (Å²) in [6, 6.07) is 4.94. The first-order valence-electron chi connectivity index (χ1n) is 5.38. The Labute approximate surface area is 96.0 Å². The first-order chi connectivity index (χ1) is 7.67. The Morgan fingerprint density at radius 3 is 2.75 bits per heavy atom. The molecule has 0 fully saturated rings. The van der Waals surface area contributed by atoms with E-state index >= 15 is 0 Å². The van der Waals surface area contributed by atoms with Crippen LogP contribution in [0.1, 0.15) is 12.0 Å². The van der Waals surface area contributed by atoms with Gasteiger partial charge in [0, 0.05) is 18.2 Å². The van der Waals surface area contributed by atoms with E-state index in [0.717, 1.165) is 13.0 Å². The van der Waals surface area contributed by atoms with Crippen molar-refractivity contribution in [2.24, 2.45) is 5.73 Å². The van der Waals surface area contributed by atoms with Gasteiger partial charge in [0.2, 0.25) is 0 Å². The van der Waals surface area contributed by atoms with Gasteiger partial charge in [0.05, 0.1) is 7.11 Å². The lowest BCUT2D eigenvalue weighted by molar-refractivity contribution is 0.318. The van der Waals surface area contributed by atoms with Crippen molar-refractivity contribution in [1.82, 2.24) is 4.90 Å². The molecule has 4 heteroatoms. The minimum atomic E-state index is -0.223. The molecule has 1 aromatic rings. The van der Waals surface area contributed by atoms with Crippen molar-refractivity contribution in [3.05, 3.63) is 29.6 Å². The third-order valence-corrected chi connectivity index (χ3v) is 2.44. The smallest absolute Gasteiger partial charge is 0.131 e. The largest absolute Gasteiger partial charge is 0.497 e. The lowest BCUT2D eigenvalue weighted by atomic mass is 10.2. The van der Waals surface area contributed by atoms with Crippen molar-refractivity contribution >= 4 is 0 Å². The van der Waals surface area contributed by atoms with Crippen molar-refractivity contribution in [1.29, 1.82) is 0 Å². The molecule has 0 bridgehead atoms. The van der Waals surface area contributed by atoms with Gasteiger partial charge >= 0.3 is 0 Å². The molecule has 0 aliphatic carbocycles. The Morgan fingerprint density at radius 1 is 1.44 bits per heavy atom. The number of hydrogen-bond acceptors (Lipinski definition) is 3. The van der Waals surface area contributed by atoms with Gasteiger partial charge in [-0.15, -0.1) is 0 Å². The van der Waals surface area contributed by atoms with E-state index < -0.39 is 0 Å². The molecule has 90 valence electrons. The molecule has 0 radical (unpaired) electrons. The van der Waals surface area contributed by atoms with E-state index in [1.165, 1.54) is 13.2 Å². The maximum Gasteiger partial charge on any atom is 0.131 e. The van der Waals surface area contributed by atoms with Crippen LogP contribution in [0.4, 0.5) is 4.39 Å². The normalized spacial score (nSPS) is 10.8. The van der Waals surface area contributed by atoms with Crippen molar-refractivity contribution in [3.63, 3.8) is 0 Å². The zero-order valence-corrected chi connectivity index (χ0v) is 9.87. The summed E-state index contributed by atoms with van der Waals surface area (Å²) in [7, 11) is 3.49. The van der Waals surface area contributed by atoms with E-state index in [-0.39, 0.29) is 5.82 Å². The van der Waals surface area contributed by atoms with Crippen LogP contribution < -0.4 is 10.5 Å². The second kappa shape index (κ2) is 6.45. The minimum Gasteiger partial charge on any atom is -0.497 e. The predicted octanol–water partition coefficient (Wildman–Crippen LogP) is 1.61. The molecule has 0 aromatic heterocycles. The summed E-state index contributed by atoms with van der Waals surface area (Å²) in [4.78, 5) is 2.05. The van der Waals surface area contributed by atoms with Gasteiger partial charge < -0.3 is 15.4 Å². The zero-order valence-electron chi connectivity index (χ0n) is 9.87. The molecule has 0 aliphatic rings.